The van der Waals surface area contributed by atoms with E-state index in [0.717, 1.165) is 0 Å². The molecular weight excluding hydrogens is 258 g/mol. The zero-order valence-corrected chi connectivity index (χ0v) is 10.3. The van der Waals surface area contributed by atoms with Crippen molar-refractivity contribution < 1.29 is 35.4 Å². The number of ether oxygens (including phenoxy) is 1. The van der Waals surface area contributed by atoms with Gasteiger partial charge in [0.25, 0.3) is 0 Å². The average molecular weight is 279 g/mol. The predicted octanol–water partition coefficient (Wildman–Crippen LogP) is -3.74. The number of nitrogens with one attached hydrogen (secondary N) is 1. The van der Waals surface area contributed by atoms with E-state index in [-0.39, 0.29) is 6.61 Å². The molecule has 0 saturated carbocycles. The molecule has 0 spiro atoms. The molecule has 4 unspecified atom stereocenters. The third-order valence-electron chi connectivity index (χ3n) is 3.90. The topological polar surface area (TPSA) is 143 Å². The third-order valence-corrected chi connectivity index (χ3v) is 3.90. The number of hydrogen-bond acceptors (Lipinski definition) is 8. The maximum Gasteiger partial charge on any atom is 0.183 e. The highest BCUT2D eigenvalue weighted by Gasteiger charge is 2.44. The second kappa shape index (κ2) is 5.98. The summed E-state index contributed by atoms with van der Waals surface area (Å²) in [6.07, 6.45) is -6.01. The van der Waals surface area contributed by atoms with Gasteiger partial charge < -0.3 is 40.7 Å². The van der Waals surface area contributed by atoms with Crippen molar-refractivity contribution in [3.05, 3.63) is 0 Å². The van der Waals surface area contributed by atoms with Crippen LogP contribution in [-0.4, -0.2) is 86.1 Å². The molecule has 0 aliphatic carbocycles. The van der Waals surface area contributed by atoms with Crippen molar-refractivity contribution in [1.82, 2.24) is 5.32 Å². The van der Waals surface area contributed by atoms with Crippen molar-refractivity contribution in [2.75, 3.05) is 6.61 Å². The van der Waals surface area contributed by atoms with Crippen LogP contribution in [0.15, 0.2) is 0 Å². The van der Waals surface area contributed by atoms with Crippen LogP contribution in [0, 0.1) is 0 Å². The van der Waals surface area contributed by atoms with Gasteiger partial charge in [-0.1, -0.05) is 0 Å². The van der Waals surface area contributed by atoms with Crippen LogP contribution < -0.4 is 5.32 Å². The minimum atomic E-state index is -1.41. The fraction of sp³-hybridized carbons (Fsp3) is 1.00. The number of aliphatic hydroxyl groups is 6. The van der Waals surface area contributed by atoms with Crippen LogP contribution in [-0.2, 0) is 4.74 Å². The summed E-state index contributed by atoms with van der Waals surface area (Å²) in [7, 11) is 0. The summed E-state index contributed by atoms with van der Waals surface area (Å²) in [4.78, 5) is 0. The summed E-state index contributed by atoms with van der Waals surface area (Å²) >= 11 is 0. The number of aliphatic hydroxyl groups excluding tert-OH is 6. The molecule has 0 aromatic rings. The average Bonchev–Trinajstić information content (AvgIpc) is 2.81. The highest BCUT2D eigenvalue weighted by atomic mass is 16.6. The van der Waals surface area contributed by atoms with Gasteiger partial charge in [-0.3, -0.25) is 0 Å². The molecule has 8 heteroatoms. The Morgan fingerprint density at radius 2 is 1.42 bits per heavy atom. The van der Waals surface area contributed by atoms with Crippen LogP contribution in [0.3, 0.4) is 0 Å². The molecule has 8 atom stereocenters. The van der Waals surface area contributed by atoms with E-state index in [1.165, 1.54) is 0 Å². The van der Waals surface area contributed by atoms with Crippen molar-refractivity contribution in [2.45, 2.75) is 61.7 Å². The molecule has 0 amide bonds. The summed E-state index contributed by atoms with van der Waals surface area (Å²) in [6.45, 7) is -0.283. The van der Waals surface area contributed by atoms with Gasteiger partial charge in [-0.25, -0.2) is 0 Å². The second-order valence-electron chi connectivity index (χ2n) is 5.17. The molecule has 8 nitrogen and oxygen atoms in total. The molecule has 0 radical (unpaired) electrons. The van der Waals surface area contributed by atoms with Gasteiger partial charge in [-0.15, -0.1) is 0 Å². The Kier molecular flexibility index (Phi) is 4.75. The van der Waals surface area contributed by atoms with E-state index < -0.39 is 48.9 Å². The Bertz CT molecular complexity index is 305. The first-order chi connectivity index (χ1) is 8.95. The van der Waals surface area contributed by atoms with E-state index in [2.05, 4.69) is 5.32 Å². The normalized spacial score (nSPS) is 50.8. The van der Waals surface area contributed by atoms with Crippen LogP contribution in [0.1, 0.15) is 12.8 Å². The molecule has 2 fully saturated rings. The Labute approximate surface area is 110 Å². The van der Waals surface area contributed by atoms with E-state index in [1.54, 1.807) is 0 Å². The van der Waals surface area contributed by atoms with Crippen LogP contribution in [0.2, 0.25) is 0 Å². The summed E-state index contributed by atoms with van der Waals surface area (Å²) in [6, 6.07) is -1.01. The number of rotatable bonds is 4. The first-order valence-corrected chi connectivity index (χ1v) is 6.38. The van der Waals surface area contributed by atoms with Crippen molar-refractivity contribution in [3.8, 4) is 0 Å². The zero-order valence-electron chi connectivity index (χ0n) is 10.3. The molecule has 2 aliphatic rings. The predicted molar refractivity (Wildman–Crippen MR) is 61.9 cm³/mol. The quantitative estimate of drug-likeness (QED) is 0.278. The van der Waals surface area contributed by atoms with Gasteiger partial charge in [-0.05, 0) is 12.8 Å². The zero-order chi connectivity index (χ0) is 14.2. The minimum absolute atomic E-state index is 0.283. The molecular formula is C11H21NO7. The maximum atomic E-state index is 9.78. The molecule has 2 rings (SSSR count). The Morgan fingerprint density at radius 3 is 1.89 bits per heavy atom. The SMILES string of the molecule is OC[C@@H]1N[C@H](CC[C@@H]2O[C@@H](O)C(O)C2O)C(O)C1O. The fourth-order valence-electron chi connectivity index (χ4n) is 2.67. The van der Waals surface area contributed by atoms with Gasteiger partial charge >= 0.3 is 0 Å². The lowest BCUT2D eigenvalue weighted by atomic mass is 9.99. The highest BCUT2D eigenvalue weighted by Crippen LogP contribution is 2.26. The van der Waals surface area contributed by atoms with E-state index in [0.29, 0.717) is 12.8 Å². The van der Waals surface area contributed by atoms with Gasteiger partial charge in [0, 0.05) is 6.04 Å². The van der Waals surface area contributed by atoms with E-state index in [9.17, 15) is 25.5 Å². The molecule has 7 N–H and O–H groups in total. The van der Waals surface area contributed by atoms with Crippen molar-refractivity contribution >= 4 is 0 Å². The highest BCUT2D eigenvalue weighted by molar-refractivity contribution is 4.98. The van der Waals surface area contributed by atoms with Gasteiger partial charge in [0.1, 0.15) is 12.2 Å². The largest absolute Gasteiger partial charge is 0.395 e. The lowest BCUT2D eigenvalue weighted by Gasteiger charge is -2.19. The molecule has 0 aromatic heterocycles. The van der Waals surface area contributed by atoms with Crippen molar-refractivity contribution in [3.63, 3.8) is 0 Å². The summed E-state index contributed by atoms with van der Waals surface area (Å²) in [5.74, 6) is 0. The minimum Gasteiger partial charge on any atom is -0.395 e. The van der Waals surface area contributed by atoms with Crippen molar-refractivity contribution in [1.29, 1.82) is 0 Å². The maximum absolute atomic E-state index is 9.78. The second-order valence-corrected chi connectivity index (χ2v) is 5.17. The fourth-order valence-corrected chi connectivity index (χ4v) is 2.67. The summed E-state index contributed by atoms with van der Waals surface area (Å²) in [5.41, 5.74) is 0. The molecule has 2 saturated heterocycles. The first-order valence-electron chi connectivity index (χ1n) is 6.38. The first kappa shape index (κ1) is 15.1. The summed E-state index contributed by atoms with van der Waals surface area (Å²) in [5, 5.41) is 59.5. The van der Waals surface area contributed by atoms with Crippen LogP contribution in [0.25, 0.3) is 0 Å². The molecule has 0 bridgehead atoms. The third kappa shape index (κ3) is 2.91. The Morgan fingerprint density at radius 1 is 0.789 bits per heavy atom. The molecule has 0 aromatic carbocycles. The molecule has 19 heavy (non-hydrogen) atoms. The van der Waals surface area contributed by atoms with Gasteiger partial charge in [0.15, 0.2) is 6.29 Å². The molecule has 112 valence electrons. The van der Waals surface area contributed by atoms with E-state index in [4.69, 9.17) is 9.84 Å². The van der Waals surface area contributed by atoms with Crippen LogP contribution in [0.5, 0.6) is 0 Å². The molecule has 2 heterocycles. The smallest absolute Gasteiger partial charge is 0.183 e. The summed E-state index contributed by atoms with van der Waals surface area (Å²) < 4.78 is 5.00. The number of hydrogen-bond donors (Lipinski definition) is 7. The lowest BCUT2D eigenvalue weighted by molar-refractivity contribution is -0.128. The lowest BCUT2D eigenvalue weighted by Crippen LogP contribution is -2.37. The standard InChI is InChI=1S/C11H21NO7/c13-3-5-8(15)7(14)4(12-5)1-2-6-9(16)10(17)11(18)19-6/h4-18H,1-3H2/t4-,5+,6+,7?,8?,9?,10?,11-/m1/s1. The monoisotopic (exact) mass is 279 g/mol. The van der Waals surface area contributed by atoms with Crippen LogP contribution >= 0.6 is 0 Å². The van der Waals surface area contributed by atoms with Gasteiger partial charge in [-0.2, -0.15) is 0 Å². The van der Waals surface area contributed by atoms with Gasteiger partial charge in [0.05, 0.1) is 31.0 Å². The van der Waals surface area contributed by atoms with E-state index >= 15 is 0 Å². The molecule has 2 aliphatic heterocycles. The Balaban J connectivity index is 1.83. The van der Waals surface area contributed by atoms with E-state index in [1.807, 2.05) is 0 Å². The van der Waals surface area contributed by atoms with Crippen LogP contribution in [0.4, 0.5) is 0 Å². The Hall–Kier alpha value is -0.320. The van der Waals surface area contributed by atoms with Crippen molar-refractivity contribution in [2.24, 2.45) is 0 Å². The van der Waals surface area contributed by atoms with Gasteiger partial charge in [0.2, 0.25) is 0 Å².